The molecule has 1 atom stereocenters. The molecule has 7 nitrogen and oxygen atoms in total. The number of nitrogens with one attached hydrogen (secondary N) is 1. The van der Waals surface area contributed by atoms with E-state index in [0.717, 1.165) is 28.3 Å². The number of carbonyl (C=O) groups is 2. The highest BCUT2D eigenvalue weighted by atomic mass is 35.5. The first kappa shape index (κ1) is 34.0. The van der Waals surface area contributed by atoms with Gasteiger partial charge in [0.05, 0.1) is 10.6 Å². The molecule has 0 heterocycles. The van der Waals surface area contributed by atoms with Crippen LogP contribution in [-0.4, -0.2) is 44.3 Å². The van der Waals surface area contributed by atoms with Crippen LogP contribution in [-0.2, 0) is 32.6 Å². The predicted molar refractivity (Wildman–Crippen MR) is 181 cm³/mol. The van der Waals surface area contributed by atoms with Crippen molar-refractivity contribution in [3.8, 4) is 0 Å². The Bertz CT molecular complexity index is 1670. The maximum atomic E-state index is 14.5. The minimum atomic E-state index is -4.17. The van der Waals surface area contributed by atoms with Gasteiger partial charge in [-0.1, -0.05) is 109 Å². The van der Waals surface area contributed by atoms with Gasteiger partial charge in [-0.3, -0.25) is 13.9 Å². The van der Waals surface area contributed by atoms with Crippen LogP contribution in [0, 0.1) is 6.92 Å². The fraction of sp³-hybridized carbons (Fsp3) is 0.257. The van der Waals surface area contributed by atoms with Crippen molar-refractivity contribution in [1.82, 2.24) is 10.2 Å². The van der Waals surface area contributed by atoms with Crippen LogP contribution in [0.25, 0.3) is 0 Å². The Labute approximate surface area is 275 Å². The van der Waals surface area contributed by atoms with E-state index >= 15 is 0 Å². The molecule has 0 saturated carbocycles. The summed E-state index contributed by atoms with van der Waals surface area (Å²) >= 11 is 13.1. The molecule has 0 spiro atoms. The van der Waals surface area contributed by atoms with Crippen LogP contribution < -0.4 is 9.62 Å². The van der Waals surface area contributed by atoms with Crippen molar-refractivity contribution < 1.29 is 18.0 Å². The highest BCUT2D eigenvalue weighted by molar-refractivity contribution is 7.92. The van der Waals surface area contributed by atoms with Gasteiger partial charge in [0.2, 0.25) is 11.8 Å². The summed E-state index contributed by atoms with van der Waals surface area (Å²) < 4.78 is 29.2. The summed E-state index contributed by atoms with van der Waals surface area (Å²) in [4.78, 5) is 29.8. The molecule has 10 heteroatoms. The number of anilines is 1. The molecule has 0 radical (unpaired) electrons. The van der Waals surface area contributed by atoms with Crippen LogP contribution >= 0.6 is 23.2 Å². The van der Waals surface area contributed by atoms with E-state index in [9.17, 15) is 18.0 Å². The molecule has 0 saturated heterocycles. The monoisotopic (exact) mass is 665 g/mol. The van der Waals surface area contributed by atoms with Gasteiger partial charge in [0, 0.05) is 35.1 Å². The fourth-order valence-corrected chi connectivity index (χ4v) is 6.83. The first-order valence-electron chi connectivity index (χ1n) is 14.8. The number of carbonyl (C=O) groups excluding carboxylic acids is 2. The molecule has 0 bridgehead atoms. The summed E-state index contributed by atoms with van der Waals surface area (Å²) in [5.74, 6) is -0.936. The summed E-state index contributed by atoms with van der Waals surface area (Å²) in [6.45, 7) is 3.69. The lowest BCUT2D eigenvalue weighted by atomic mass is 10.0. The molecule has 0 aliphatic rings. The highest BCUT2D eigenvalue weighted by Gasteiger charge is 2.35. The van der Waals surface area contributed by atoms with Gasteiger partial charge in [-0.05, 0) is 55.3 Å². The van der Waals surface area contributed by atoms with Crippen molar-refractivity contribution in [3.05, 3.63) is 130 Å². The smallest absolute Gasteiger partial charge is 0.264 e. The van der Waals surface area contributed by atoms with Crippen molar-refractivity contribution in [1.29, 1.82) is 0 Å². The molecule has 0 unspecified atom stereocenters. The number of hydrogen-bond donors (Lipinski definition) is 1. The van der Waals surface area contributed by atoms with E-state index in [2.05, 4.69) is 5.32 Å². The standard InChI is InChI=1S/C35H37Cl2N3O4S/c1-3-4-22-38-35(42)33(23-27-12-7-5-8-13-27)39(24-30-31(36)16-11-17-32(30)37)34(41)25-40(28-20-18-26(2)19-21-28)45(43,44)29-14-9-6-10-15-29/h5-21,33H,3-4,22-25H2,1-2H3,(H,38,42)/t33-/m1/s1. The van der Waals surface area contributed by atoms with Gasteiger partial charge >= 0.3 is 0 Å². The summed E-state index contributed by atoms with van der Waals surface area (Å²) in [5, 5.41) is 3.63. The van der Waals surface area contributed by atoms with Gasteiger partial charge in [-0.15, -0.1) is 0 Å². The molecule has 1 N–H and O–H groups in total. The Kier molecular flexibility index (Phi) is 12.0. The highest BCUT2D eigenvalue weighted by Crippen LogP contribution is 2.29. The third kappa shape index (κ3) is 8.87. The number of sulfonamides is 1. The van der Waals surface area contributed by atoms with E-state index in [1.54, 1.807) is 60.7 Å². The van der Waals surface area contributed by atoms with Crippen molar-refractivity contribution in [2.75, 3.05) is 17.4 Å². The lowest BCUT2D eigenvalue weighted by molar-refractivity contribution is -0.140. The molecule has 45 heavy (non-hydrogen) atoms. The van der Waals surface area contributed by atoms with Gasteiger partial charge in [-0.2, -0.15) is 0 Å². The molecule has 0 aliphatic carbocycles. The second-order valence-electron chi connectivity index (χ2n) is 10.7. The van der Waals surface area contributed by atoms with Crippen LogP contribution in [0.1, 0.15) is 36.5 Å². The van der Waals surface area contributed by atoms with Gasteiger partial charge in [-0.25, -0.2) is 8.42 Å². The van der Waals surface area contributed by atoms with E-state index in [-0.39, 0.29) is 23.8 Å². The first-order valence-corrected chi connectivity index (χ1v) is 17.0. The third-order valence-electron chi connectivity index (χ3n) is 7.42. The minimum absolute atomic E-state index is 0.0391. The summed E-state index contributed by atoms with van der Waals surface area (Å²) in [6.07, 6.45) is 1.84. The average molecular weight is 667 g/mol. The van der Waals surface area contributed by atoms with Crippen LogP contribution in [0.3, 0.4) is 0 Å². The molecular weight excluding hydrogens is 629 g/mol. The Morgan fingerprint density at radius 1 is 0.822 bits per heavy atom. The van der Waals surface area contributed by atoms with Gasteiger partial charge in [0.1, 0.15) is 12.6 Å². The van der Waals surface area contributed by atoms with Crippen molar-refractivity contribution in [2.45, 2.75) is 50.6 Å². The minimum Gasteiger partial charge on any atom is -0.354 e. The molecule has 4 aromatic carbocycles. The van der Waals surface area contributed by atoms with Crippen LogP contribution in [0.2, 0.25) is 10.0 Å². The van der Waals surface area contributed by atoms with E-state index in [4.69, 9.17) is 23.2 Å². The Balaban J connectivity index is 1.81. The number of unbranched alkanes of at least 4 members (excludes halogenated alkanes) is 1. The predicted octanol–water partition coefficient (Wildman–Crippen LogP) is 7.05. The summed E-state index contributed by atoms with van der Waals surface area (Å²) in [6, 6.07) is 28.3. The molecule has 0 fully saturated rings. The van der Waals surface area contributed by atoms with Gasteiger partial charge < -0.3 is 10.2 Å². The van der Waals surface area contributed by atoms with Gasteiger partial charge in [0.15, 0.2) is 0 Å². The van der Waals surface area contributed by atoms with E-state index in [0.29, 0.717) is 27.8 Å². The Morgan fingerprint density at radius 2 is 1.42 bits per heavy atom. The number of nitrogens with zero attached hydrogens (tertiary/aromatic N) is 2. The first-order chi connectivity index (χ1) is 21.6. The molecule has 236 valence electrons. The molecule has 4 aromatic rings. The Hall–Kier alpha value is -3.85. The van der Waals surface area contributed by atoms with Gasteiger partial charge in [0.25, 0.3) is 10.0 Å². The van der Waals surface area contributed by atoms with E-state index < -0.39 is 28.5 Å². The lowest BCUT2D eigenvalue weighted by Crippen LogP contribution is -2.53. The quantitative estimate of drug-likeness (QED) is 0.146. The summed E-state index contributed by atoms with van der Waals surface area (Å²) in [7, 11) is -4.17. The number of hydrogen-bond acceptors (Lipinski definition) is 4. The Morgan fingerprint density at radius 3 is 2.02 bits per heavy atom. The van der Waals surface area contributed by atoms with E-state index in [1.165, 1.54) is 17.0 Å². The maximum absolute atomic E-state index is 14.5. The molecule has 2 amide bonds. The molecular formula is C35H37Cl2N3O4S. The van der Waals surface area contributed by atoms with Crippen molar-refractivity contribution >= 4 is 50.7 Å². The largest absolute Gasteiger partial charge is 0.354 e. The maximum Gasteiger partial charge on any atom is 0.264 e. The molecule has 0 aliphatic heterocycles. The number of rotatable bonds is 14. The SMILES string of the molecule is CCCCNC(=O)[C@@H](Cc1ccccc1)N(Cc1c(Cl)cccc1Cl)C(=O)CN(c1ccc(C)cc1)S(=O)(=O)c1ccccc1. The van der Waals surface area contributed by atoms with Crippen LogP contribution in [0.5, 0.6) is 0 Å². The normalized spacial score (nSPS) is 11.9. The van der Waals surface area contributed by atoms with Crippen LogP contribution in [0.15, 0.2) is 108 Å². The number of benzene rings is 4. The zero-order chi connectivity index (χ0) is 32.4. The lowest BCUT2D eigenvalue weighted by Gasteiger charge is -2.34. The number of amides is 2. The summed E-state index contributed by atoms with van der Waals surface area (Å²) in [5.41, 5.74) is 2.55. The molecule has 0 aromatic heterocycles. The fourth-order valence-electron chi connectivity index (χ4n) is 4.87. The number of halogens is 2. The third-order valence-corrected chi connectivity index (χ3v) is 9.92. The topological polar surface area (TPSA) is 86.8 Å². The average Bonchev–Trinajstić information content (AvgIpc) is 3.04. The zero-order valence-electron chi connectivity index (χ0n) is 25.3. The second kappa shape index (κ2) is 15.9. The zero-order valence-corrected chi connectivity index (χ0v) is 27.7. The van der Waals surface area contributed by atoms with Crippen LogP contribution in [0.4, 0.5) is 5.69 Å². The van der Waals surface area contributed by atoms with E-state index in [1.807, 2.05) is 44.2 Å². The van der Waals surface area contributed by atoms with Crippen molar-refractivity contribution in [3.63, 3.8) is 0 Å². The molecule has 4 rings (SSSR count). The number of aryl methyl sites for hydroxylation is 1. The second-order valence-corrected chi connectivity index (χ2v) is 13.4. The van der Waals surface area contributed by atoms with Crippen molar-refractivity contribution in [2.24, 2.45) is 0 Å².